The van der Waals surface area contributed by atoms with Crippen molar-refractivity contribution in [1.82, 2.24) is 19.7 Å². The molecule has 33 heavy (non-hydrogen) atoms. The van der Waals surface area contributed by atoms with Crippen molar-refractivity contribution in [1.29, 1.82) is 0 Å². The summed E-state index contributed by atoms with van der Waals surface area (Å²) in [6, 6.07) is 3.70. The quantitative estimate of drug-likeness (QED) is 0.542. The van der Waals surface area contributed by atoms with Crippen LogP contribution in [0.3, 0.4) is 0 Å². The van der Waals surface area contributed by atoms with Gasteiger partial charge < -0.3 is 9.64 Å². The van der Waals surface area contributed by atoms with Crippen molar-refractivity contribution in [3.8, 4) is 22.9 Å². The number of aryl methyl sites for hydroxylation is 1. The van der Waals surface area contributed by atoms with Crippen molar-refractivity contribution < 1.29 is 22.3 Å². The normalized spacial score (nSPS) is 15.9. The minimum atomic E-state index is -3.13. The molecule has 11 heteroatoms. The largest absolute Gasteiger partial charge is 0.423 e. The van der Waals surface area contributed by atoms with Crippen LogP contribution < -0.4 is 9.64 Å². The van der Waals surface area contributed by atoms with Crippen LogP contribution >= 0.6 is 0 Å². The number of ether oxygens (including phenoxy) is 1. The van der Waals surface area contributed by atoms with Gasteiger partial charge in [-0.25, -0.2) is 22.8 Å². The third kappa shape index (κ3) is 5.03. The van der Waals surface area contributed by atoms with E-state index in [-0.39, 0.29) is 30.3 Å². The van der Waals surface area contributed by atoms with Gasteiger partial charge in [-0.3, -0.25) is 9.48 Å². The number of nitrogens with zero attached hydrogens (tertiary/aromatic N) is 5. The highest BCUT2D eigenvalue weighted by atomic mass is 32.2. The summed E-state index contributed by atoms with van der Waals surface area (Å²) in [6.45, 7) is 3.74. The van der Waals surface area contributed by atoms with Crippen molar-refractivity contribution in [3.05, 3.63) is 48.3 Å². The van der Waals surface area contributed by atoms with Gasteiger partial charge in [0.25, 0.3) is 0 Å². The zero-order valence-corrected chi connectivity index (χ0v) is 19.3. The summed E-state index contributed by atoms with van der Waals surface area (Å²) in [5, 5.41) is 4.27. The van der Waals surface area contributed by atoms with E-state index < -0.39 is 15.7 Å². The fourth-order valence-electron chi connectivity index (χ4n) is 3.96. The second-order valence-electron chi connectivity index (χ2n) is 8.12. The van der Waals surface area contributed by atoms with E-state index in [0.717, 1.165) is 30.1 Å². The number of amides is 1. The molecule has 4 rings (SSSR count). The number of halogens is 1. The standard InChI is InChI=1S/C22H24FN5O4S/c1-14-4-5-19-20(28(14)15(2)29)7-6-18(21(19)32-22-24-11-17(23)12-25-22)16-10-26-27(13-16)8-9-33(3,30)31/h6-7,10-14H,4-5,8-9H2,1-3H3. The number of hydrogen-bond donors (Lipinski definition) is 0. The Balaban J connectivity index is 1.79. The molecule has 1 aromatic carbocycles. The van der Waals surface area contributed by atoms with Crippen LogP contribution in [-0.4, -0.2) is 52.1 Å². The van der Waals surface area contributed by atoms with E-state index in [4.69, 9.17) is 4.74 Å². The maximum atomic E-state index is 13.3. The van der Waals surface area contributed by atoms with Crippen LogP contribution in [0.15, 0.2) is 36.9 Å². The van der Waals surface area contributed by atoms with E-state index in [2.05, 4.69) is 15.1 Å². The molecule has 0 fully saturated rings. The van der Waals surface area contributed by atoms with Crippen molar-refractivity contribution in [2.45, 2.75) is 39.3 Å². The molecule has 0 saturated carbocycles. The van der Waals surface area contributed by atoms with Gasteiger partial charge in [-0.1, -0.05) is 0 Å². The Morgan fingerprint density at radius 3 is 2.64 bits per heavy atom. The van der Waals surface area contributed by atoms with Crippen molar-refractivity contribution in [2.24, 2.45) is 0 Å². The summed E-state index contributed by atoms with van der Waals surface area (Å²) in [6.07, 6.45) is 7.97. The first-order valence-electron chi connectivity index (χ1n) is 10.4. The number of carbonyl (C=O) groups is 1. The van der Waals surface area contributed by atoms with Crippen LogP contribution in [-0.2, 0) is 27.6 Å². The number of fused-ring (bicyclic) bond motifs is 1. The zero-order chi connectivity index (χ0) is 23.8. The Hall–Kier alpha value is -3.34. The third-order valence-corrected chi connectivity index (χ3v) is 6.44. The molecular weight excluding hydrogens is 449 g/mol. The first-order chi connectivity index (χ1) is 15.6. The molecule has 9 nitrogen and oxygen atoms in total. The molecular formula is C22H24FN5O4S. The Labute approximate surface area is 191 Å². The average molecular weight is 474 g/mol. The van der Waals surface area contributed by atoms with Crippen LogP contribution in [0.5, 0.6) is 11.8 Å². The van der Waals surface area contributed by atoms with E-state index in [1.807, 2.05) is 19.1 Å². The molecule has 0 aliphatic carbocycles. The molecule has 1 aliphatic heterocycles. The lowest BCUT2D eigenvalue weighted by Crippen LogP contribution is -2.40. The Morgan fingerprint density at radius 2 is 1.97 bits per heavy atom. The molecule has 0 radical (unpaired) electrons. The second-order valence-corrected chi connectivity index (χ2v) is 10.4. The van der Waals surface area contributed by atoms with Crippen LogP contribution in [0.25, 0.3) is 11.1 Å². The van der Waals surface area contributed by atoms with Gasteiger partial charge >= 0.3 is 6.01 Å². The van der Waals surface area contributed by atoms with Gasteiger partial charge in [0.1, 0.15) is 15.6 Å². The van der Waals surface area contributed by atoms with E-state index in [1.54, 1.807) is 22.0 Å². The van der Waals surface area contributed by atoms with Gasteiger partial charge in [0, 0.05) is 42.1 Å². The molecule has 0 bridgehead atoms. The summed E-state index contributed by atoms with van der Waals surface area (Å²) in [4.78, 5) is 21.9. The van der Waals surface area contributed by atoms with Crippen molar-refractivity contribution in [3.63, 3.8) is 0 Å². The van der Waals surface area contributed by atoms with Gasteiger partial charge in [0.05, 0.1) is 36.6 Å². The minimum absolute atomic E-state index is 0.0245. The lowest BCUT2D eigenvalue weighted by Gasteiger charge is -2.35. The Morgan fingerprint density at radius 1 is 1.24 bits per heavy atom. The Kier molecular flexibility index (Phi) is 6.15. The molecule has 0 saturated heterocycles. The maximum absolute atomic E-state index is 13.3. The van der Waals surface area contributed by atoms with Crippen LogP contribution in [0, 0.1) is 5.82 Å². The molecule has 174 valence electrons. The smallest absolute Gasteiger partial charge is 0.322 e. The van der Waals surface area contributed by atoms with Gasteiger partial charge in [-0.2, -0.15) is 5.10 Å². The molecule has 1 amide bonds. The maximum Gasteiger partial charge on any atom is 0.322 e. The number of sulfone groups is 1. The molecule has 0 N–H and O–H groups in total. The Bertz CT molecular complexity index is 1290. The van der Waals surface area contributed by atoms with Crippen LogP contribution in [0.1, 0.15) is 25.8 Å². The molecule has 1 atom stereocenters. The predicted octanol–water partition coefficient (Wildman–Crippen LogP) is 3.00. The summed E-state index contributed by atoms with van der Waals surface area (Å²) in [5.74, 6) is -0.230. The summed E-state index contributed by atoms with van der Waals surface area (Å²) in [5.41, 5.74) is 2.95. The van der Waals surface area contributed by atoms with Gasteiger partial charge in [0.15, 0.2) is 5.82 Å². The third-order valence-electron chi connectivity index (χ3n) is 5.51. The van der Waals surface area contributed by atoms with E-state index in [0.29, 0.717) is 23.3 Å². The molecule has 1 aliphatic rings. The van der Waals surface area contributed by atoms with Crippen LogP contribution in [0.4, 0.5) is 10.1 Å². The lowest BCUT2D eigenvalue weighted by atomic mass is 9.92. The predicted molar refractivity (Wildman–Crippen MR) is 120 cm³/mol. The van der Waals surface area contributed by atoms with Gasteiger partial charge in [0.2, 0.25) is 5.91 Å². The fraction of sp³-hybridized carbons (Fsp3) is 0.364. The van der Waals surface area contributed by atoms with E-state index in [1.165, 1.54) is 13.2 Å². The lowest BCUT2D eigenvalue weighted by molar-refractivity contribution is -0.117. The van der Waals surface area contributed by atoms with Crippen LogP contribution in [0.2, 0.25) is 0 Å². The average Bonchev–Trinajstić information content (AvgIpc) is 3.22. The zero-order valence-electron chi connectivity index (χ0n) is 18.5. The first kappa shape index (κ1) is 22.8. The summed E-state index contributed by atoms with van der Waals surface area (Å²) < 4.78 is 43.9. The molecule has 3 heterocycles. The number of aromatic nitrogens is 4. The van der Waals surface area contributed by atoms with E-state index >= 15 is 0 Å². The SMILES string of the molecule is CC(=O)N1c2ccc(-c3cnn(CCS(C)(=O)=O)c3)c(Oc3ncc(F)cn3)c2CCC1C. The number of benzene rings is 1. The van der Waals surface area contributed by atoms with Crippen molar-refractivity contribution in [2.75, 3.05) is 16.9 Å². The van der Waals surface area contributed by atoms with Crippen molar-refractivity contribution >= 4 is 21.4 Å². The topological polar surface area (TPSA) is 107 Å². The number of carbonyl (C=O) groups excluding carboxylic acids is 1. The molecule has 1 unspecified atom stereocenters. The fourth-order valence-corrected chi connectivity index (χ4v) is 4.48. The highest BCUT2D eigenvalue weighted by molar-refractivity contribution is 7.90. The number of rotatable bonds is 6. The first-order valence-corrected chi connectivity index (χ1v) is 12.5. The monoisotopic (exact) mass is 473 g/mol. The highest BCUT2D eigenvalue weighted by Crippen LogP contribution is 2.44. The summed E-state index contributed by atoms with van der Waals surface area (Å²) >= 11 is 0. The highest BCUT2D eigenvalue weighted by Gasteiger charge is 2.30. The number of hydrogen-bond acceptors (Lipinski definition) is 7. The molecule has 0 spiro atoms. The van der Waals surface area contributed by atoms with Gasteiger partial charge in [-0.05, 0) is 31.9 Å². The minimum Gasteiger partial charge on any atom is -0.423 e. The summed E-state index contributed by atoms with van der Waals surface area (Å²) in [7, 11) is -3.13. The second kappa shape index (κ2) is 8.89. The van der Waals surface area contributed by atoms with Gasteiger partial charge in [-0.15, -0.1) is 0 Å². The molecule has 3 aromatic rings. The number of anilines is 1. The van der Waals surface area contributed by atoms with E-state index in [9.17, 15) is 17.6 Å². The molecule has 2 aromatic heterocycles.